The summed E-state index contributed by atoms with van der Waals surface area (Å²) in [6.07, 6.45) is 1.40. The average Bonchev–Trinajstić information content (AvgIpc) is 2.82. The van der Waals surface area contributed by atoms with Crippen molar-refractivity contribution >= 4 is 0 Å². The largest absolute Gasteiger partial charge is 0.423 e. The number of hydrogen-bond acceptors (Lipinski definition) is 4. The molecule has 0 aliphatic heterocycles. The van der Waals surface area contributed by atoms with Crippen molar-refractivity contribution in [3.8, 4) is 0 Å². The number of nitrogens with zero attached hydrogens (tertiary/aromatic N) is 2. The number of hydrogen-bond donors (Lipinski definition) is 1. The molecule has 0 spiro atoms. The SMILES string of the molecule is CCC(NC)c1nnc(Cc2ccc(F)cc2)o1. The van der Waals surface area contributed by atoms with Crippen LogP contribution in [0.2, 0.25) is 0 Å². The van der Waals surface area contributed by atoms with Gasteiger partial charge in [-0.15, -0.1) is 10.2 Å². The summed E-state index contributed by atoms with van der Waals surface area (Å²) in [5.41, 5.74) is 0.948. The molecule has 0 amide bonds. The Morgan fingerprint density at radius 2 is 2.00 bits per heavy atom. The van der Waals surface area contributed by atoms with Crippen molar-refractivity contribution in [2.75, 3.05) is 7.05 Å². The number of aromatic nitrogens is 2. The first-order valence-corrected chi connectivity index (χ1v) is 5.97. The third-order valence-electron chi connectivity index (χ3n) is 2.81. The summed E-state index contributed by atoms with van der Waals surface area (Å²) < 4.78 is 18.4. The first-order chi connectivity index (χ1) is 8.72. The Bertz CT molecular complexity index is 491. The van der Waals surface area contributed by atoms with Crippen LogP contribution in [0.5, 0.6) is 0 Å². The van der Waals surface area contributed by atoms with Crippen LogP contribution in [0.25, 0.3) is 0 Å². The van der Waals surface area contributed by atoms with E-state index in [9.17, 15) is 4.39 Å². The van der Waals surface area contributed by atoms with Crippen LogP contribution in [-0.2, 0) is 6.42 Å². The molecule has 96 valence electrons. The van der Waals surface area contributed by atoms with Gasteiger partial charge in [-0.25, -0.2) is 4.39 Å². The van der Waals surface area contributed by atoms with Gasteiger partial charge in [0.05, 0.1) is 12.5 Å². The lowest BCUT2D eigenvalue weighted by Gasteiger charge is -2.07. The minimum absolute atomic E-state index is 0.0828. The highest BCUT2D eigenvalue weighted by Gasteiger charge is 2.14. The second-order valence-electron chi connectivity index (χ2n) is 4.09. The third-order valence-corrected chi connectivity index (χ3v) is 2.81. The lowest BCUT2D eigenvalue weighted by Crippen LogP contribution is -2.15. The number of rotatable bonds is 5. The maximum absolute atomic E-state index is 12.8. The van der Waals surface area contributed by atoms with Crippen molar-refractivity contribution in [2.24, 2.45) is 0 Å². The molecule has 1 unspecified atom stereocenters. The Labute approximate surface area is 105 Å². The fraction of sp³-hybridized carbons (Fsp3) is 0.385. The summed E-state index contributed by atoms with van der Waals surface area (Å²) in [5, 5.41) is 11.1. The molecular formula is C13H16FN3O. The van der Waals surface area contributed by atoms with E-state index >= 15 is 0 Å². The van der Waals surface area contributed by atoms with Gasteiger partial charge in [0.15, 0.2) is 0 Å². The molecule has 2 rings (SSSR count). The van der Waals surface area contributed by atoms with Gasteiger partial charge in [-0.05, 0) is 31.2 Å². The van der Waals surface area contributed by atoms with Gasteiger partial charge in [-0.2, -0.15) is 0 Å². The van der Waals surface area contributed by atoms with Crippen molar-refractivity contribution in [3.63, 3.8) is 0 Å². The van der Waals surface area contributed by atoms with Gasteiger partial charge in [0.1, 0.15) is 5.82 Å². The summed E-state index contributed by atoms with van der Waals surface area (Å²) in [4.78, 5) is 0. The molecular weight excluding hydrogens is 233 g/mol. The van der Waals surface area contributed by atoms with Crippen LogP contribution in [-0.4, -0.2) is 17.2 Å². The third kappa shape index (κ3) is 2.92. The highest BCUT2D eigenvalue weighted by atomic mass is 19.1. The molecule has 1 atom stereocenters. The first kappa shape index (κ1) is 12.7. The van der Waals surface area contributed by atoms with E-state index < -0.39 is 0 Å². The summed E-state index contributed by atoms with van der Waals surface area (Å²) in [5.74, 6) is 0.897. The molecule has 1 aromatic carbocycles. The molecule has 1 aromatic heterocycles. The zero-order valence-electron chi connectivity index (χ0n) is 10.5. The highest BCUT2D eigenvalue weighted by Crippen LogP contribution is 2.16. The average molecular weight is 249 g/mol. The van der Waals surface area contributed by atoms with Gasteiger partial charge >= 0.3 is 0 Å². The fourth-order valence-electron chi connectivity index (χ4n) is 1.76. The molecule has 0 aliphatic rings. The molecule has 0 saturated carbocycles. The zero-order chi connectivity index (χ0) is 13.0. The lowest BCUT2D eigenvalue weighted by atomic mass is 10.1. The van der Waals surface area contributed by atoms with Crippen LogP contribution in [0, 0.1) is 5.82 Å². The second-order valence-corrected chi connectivity index (χ2v) is 4.09. The van der Waals surface area contributed by atoms with Gasteiger partial charge in [-0.1, -0.05) is 19.1 Å². The van der Waals surface area contributed by atoms with E-state index in [4.69, 9.17) is 4.42 Å². The molecule has 18 heavy (non-hydrogen) atoms. The fourth-order valence-corrected chi connectivity index (χ4v) is 1.76. The number of benzene rings is 1. The molecule has 5 heteroatoms. The smallest absolute Gasteiger partial charge is 0.233 e. The minimum atomic E-state index is -0.244. The minimum Gasteiger partial charge on any atom is -0.423 e. The number of nitrogens with one attached hydrogen (secondary N) is 1. The van der Waals surface area contributed by atoms with E-state index in [-0.39, 0.29) is 11.9 Å². The summed E-state index contributed by atoms with van der Waals surface area (Å²) in [6.45, 7) is 2.05. The Balaban J connectivity index is 2.08. The Morgan fingerprint density at radius 3 is 2.61 bits per heavy atom. The highest BCUT2D eigenvalue weighted by molar-refractivity contribution is 5.18. The van der Waals surface area contributed by atoms with Gasteiger partial charge in [0.2, 0.25) is 11.8 Å². The van der Waals surface area contributed by atoms with Gasteiger partial charge in [0, 0.05) is 0 Å². The first-order valence-electron chi connectivity index (χ1n) is 5.97. The summed E-state index contributed by atoms with van der Waals surface area (Å²) >= 11 is 0. The van der Waals surface area contributed by atoms with E-state index in [0.717, 1.165) is 12.0 Å². The molecule has 0 saturated heterocycles. The van der Waals surface area contributed by atoms with E-state index in [1.807, 2.05) is 14.0 Å². The van der Waals surface area contributed by atoms with Crippen LogP contribution in [0.3, 0.4) is 0 Å². The molecule has 0 fully saturated rings. The quantitative estimate of drug-likeness (QED) is 0.884. The molecule has 0 aliphatic carbocycles. The van der Waals surface area contributed by atoms with Crippen LogP contribution in [0.4, 0.5) is 4.39 Å². The molecule has 0 radical (unpaired) electrons. The van der Waals surface area contributed by atoms with Crippen LogP contribution in [0.15, 0.2) is 28.7 Å². The van der Waals surface area contributed by atoms with Crippen LogP contribution in [0.1, 0.15) is 36.7 Å². The molecule has 1 N–H and O–H groups in total. The molecule has 0 bridgehead atoms. The Hall–Kier alpha value is -1.75. The van der Waals surface area contributed by atoms with Crippen molar-refractivity contribution in [1.82, 2.24) is 15.5 Å². The van der Waals surface area contributed by atoms with Crippen molar-refractivity contribution < 1.29 is 8.81 Å². The van der Waals surface area contributed by atoms with Crippen LogP contribution >= 0.6 is 0 Å². The second kappa shape index (κ2) is 5.73. The predicted octanol–water partition coefficient (Wildman–Crippen LogP) is 2.47. The molecule has 1 heterocycles. The van der Waals surface area contributed by atoms with Crippen LogP contribution < -0.4 is 5.32 Å². The van der Waals surface area contributed by atoms with Gasteiger partial charge in [0.25, 0.3) is 0 Å². The normalized spacial score (nSPS) is 12.6. The zero-order valence-corrected chi connectivity index (χ0v) is 10.5. The maximum atomic E-state index is 12.8. The van der Waals surface area contributed by atoms with E-state index in [1.54, 1.807) is 12.1 Å². The predicted molar refractivity (Wildman–Crippen MR) is 65.6 cm³/mol. The standard InChI is InChI=1S/C13H16FN3O/c1-3-11(15-2)13-17-16-12(18-13)8-9-4-6-10(14)7-5-9/h4-7,11,15H,3,8H2,1-2H3. The maximum Gasteiger partial charge on any atom is 0.233 e. The van der Waals surface area contributed by atoms with E-state index in [0.29, 0.717) is 18.2 Å². The topological polar surface area (TPSA) is 51.0 Å². The lowest BCUT2D eigenvalue weighted by molar-refractivity contribution is 0.390. The number of halogens is 1. The monoisotopic (exact) mass is 249 g/mol. The van der Waals surface area contributed by atoms with Gasteiger partial charge in [-0.3, -0.25) is 0 Å². The van der Waals surface area contributed by atoms with Crippen molar-refractivity contribution in [3.05, 3.63) is 47.4 Å². The van der Waals surface area contributed by atoms with Gasteiger partial charge < -0.3 is 9.73 Å². The van der Waals surface area contributed by atoms with Crippen molar-refractivity contribution in [2.45, 2.75) is 25.8 Å². The summed E-state index contributed by atoms with van der Waals surface area (Å²) in [6, 6.07) is 6.37. The Kier molecular flexibility index (Phi) is 4.04. The van der Waals surface area contributed by atoms with E-state index in [1.165, 1.54) is 12.1 Å². The van der Waals surface area contributed by atoms with E-state index in [2.05, 4.69) is 15.5 Å². The summed E-state index contributed by atoms with van der Waals surface area (Å²) in [7, 11) is 1.86. The molecule has 4 nitrogen and oxygen atoms in total. The Morgan fingerprint density at radius 1 is 1.28 bits per heavy atom. The van der Waals surface area contributed by atoms with Crippen molar-refractivity contribution in [1.29, 1.82) is 0 Å². The molecule has 2 aromatic rings.